The standard InChI is InChI=1S/C21H25NO/c1-4-22-19(17-11-7-5-8-12-17)15(2)21(23)16(3)20(22)18-13-9-6-10-14-18/h5-16,19-20H,4H2,1-3H3/t15-,16-,19-,20+/m0/s1. The third-order valence-corrected chi connectivity index (χ3v) is 5.21. The van der Waals surface area contributed by atoms with Gasteiger partial charge in [-0.15, -0.1) is 0 Å². The van der Waals surface area contributed by atoms with Gasteiger partial charge in [0.2, 0.25) is 0 Å². The van der Waals surface area contributed by atoms with Crippen molar-refractivity contribution in [3.63, 3.8) is 0 Å². The van der Waals surface area contributed by atoms with E-state index < -0.39 is 0 Å². The number of Topliss-reactive ketones (excluding diaryl/α,β-unsaturated/α-hetero) is 1. The van der Waals surface area contributed by atoms with Gasteiger partial charge in [0.25, 0.3) is 0 Å². The fourth-order valence-corrected chi connectivity index (χ4v) is 4.13. The highest BCUT2D eigenvalue weighted by Crippen LogP contribution is 2.45. The largest absolute Gasteiger partial charge is 0.299 e. The van der Waals surface area contributed by atoms with Crippen LogP contribution in [0.15, 0.2) is 60.7 Å². The van der Waals surface area contributed by atoms with Crippen LogP contribution in [0.4, 0.5) is 0 Å². The number of benzene rings is 2. The van der Waals surface area contributed by atoms with Gasteiger partial charge in [-0.05, 0) is 17.7 Å². The Hall–Kier alpha value is -1.93. The predicted octanol–water partition coefficient (Wildman–Crippen LogP) is 4.65. The zero-order chi connectivity index (χ0) is 16.4. The first-order valence-electron chi connectivity index (χ1n) is 8.54. The number of carbonyl (C=O) groups excluding carboxylic acids is 1. The average molecular weight is 307 g/mol. The van der Waals surface area contributed by atoms with E-state index in [4.69, 9.17) is 0 Å². The maximum Gasteiger partial charge on any atom is 0.142 e. The summed E-state index contributed by atoms with van der Waals surface area (Å²) in [7, 11) is 0. The SMILES string of the molecule is CCN1[C@H](c2ccccc2)[C@H](C)C(=O)[C@@H](C)[C@@H]1c1ccccc1. The molecule has 0 unspecified atom stereocenters. The van der Waals surface area contributed by atoms with Crippen LogP contribution in [0.1, 0.15) is 44.0 Å². The molecule has 0 radical (unpaired) electrons. The van der Waals surface area contributed by atoms with Crippen molar-refractivity contribution in [2.45, 2.75) is 32.9 Å². The van der Waals surface area contributed by atoms with E-state index in [0.717, 1.165) is 6.54 Å². The van der Waals surface area contributed by atoms with Gasteiger partial charge in [0.1, 0.15) is 5.78 Å². The average Bonchev–Trinajstić information content (AvgIpc) is 2.61. The second-order valence-electron chi connectivity index (χ2n) is 6.52. The van der Waals surface area contributed by atoms with Crippen LogP contribution in [0, 0.1) is 11.8 Å². The monoisotopic (exact) mass is 307 g/mol. The zero-order valence-corrected chi connectivity index (χ0v) is 14.1. The van der Waals surface area contributed by atoms with E-state index in [1.54, 1.807) is 0 Å². The third-order valence-electron chi connectivity index (χ3n) is 5.21. The van der Waals surface area contributed by atoms with Crippen molar-refractivity contribution in [3.8, 4) is 0 Å². The van der Waals surface area contributed by atoms with Gasteiger partial charge in [-0.25, -0.2) is 0 Å². The van der Waals surface area contributed by atoms with E-state index in [0.29, 0.717) is 5.78 Å². The second kappa shape index (κ2) is 6.67. The Morgan fingerprint density at radius 3 is 1.52 bits per heavy atom. The molecule has 1 aliphatic rings. The molecule has 2 aromatic carbocycles. The lowest BCUT2D eigenvalue weighted by Crippen LogP contribution is -2.49. The maximum absolute atomic E-state index is 12.9. The van der Waals surface area contributed by atoms with Crippen LogP contribution in [0.2, 0.25) is 0 Å². The van der Waals surface area contributed by atoms with Crippen LogP contribution in [0.25, 0.3) is 0 Å². The molecule has 1 heterocycles. The van der Waals surface area contributed by atoms with E-state index >= 15 is 0 Å². The van der Waals surface area contributed by atoms with Crippen LogP contribution in [0.3, 0.4) is 0 Å². The first kappa shape index (κ1) is 15.9. The van der Waals surface area contributed by atoms with Gasteiger partial charge < -0.3 is 0 Å². The van der Waals surface area contributed by atoms with Gasteiger partial charge >= 0.3 is 0 Å². The van der Waals surface area contributed by atoms with Gasteiger partial charge in [0.15, 0.2) is 0 Å². The van der Waals surface area contributed by atoms with Gasteiger partial charge in [0, 0.05) is 23.9 Å². The molecule has 3 rings (SSSR count). The molecule has 1 aliphatic heterocycles. The number of nitrogens with zero attached hydrogens (tertiary/aromatic N) is 1. The molecule has 120 valence electrons. The van der Waals surface area contributed by atoms with Crippen molar-refractivity contribution in [2.24, 2.45) is 11.8 Å². The Balaban J connectivity index is 2.07. The molecule has 2 heteroatoms. The normalized spacial score (nSPS) is 28.7. The van der Waals surface area contributed by atoms with Crippen molar-refractivity contribution in [3.05, 3.63) is 71.8 Å². The third kappa shape index (κ3) is 2.84. The summed E-state index contributed by atoms with van der Waals surface area (Å²) < 4.78 is 0. The van der Waals surface area contributed by atoms with E-state index in [1.807, 2.05) is 12.1 Å². The number of piperidine rings is 1. The molecule has 0 bridgehead atoms. The summed E-state index contributed by atoms with van der Waals surface area (Å²) in [6.07, 6.45) is 0. The quantitative estimate of drug-likeness (QED) is 0.823. The minimum Gasteiger partial charge on any atom is -0.299 e. The highest BCUT2D eigenvalue weighted by Gasteiger charge is 2.45. The number of likely N-dealkylation sites (tertiary alicyclic amines) is 1. The number of rotatable bonds is 3. The highest BCUT2D eigenvalue weighted by atomic mass is 16.1. The molecular formula is C21H25NO. The minimum absolute atomic E-state index is 0.0207. The molecule has 4 atom stereocenters. The fraction of sp³-hybridized carbons (Fsp3) is 0.381. The van der Waals surface area contributed by atoms with E-state index in [2.05, 4.69) is 74.2 Å². The summed E-state index contributed by atoms with van der Waals surface area (Å²) in [6.45, 7) is 7.29. The summed E-state index contributed by atoms with van der Waals surface area (Å²) in [5.74, 6) is 0.414. The minimum atomic E-state index is 0.0207. The molecule has 1 saturated heterocycles. The Labute approximate surface area is 139 Å². The molecule has 0 saturated carbocycles. The van der Waals surface area contributed by atoms with Crippen LogP contribution in [-0.4, -0.2) is 17.2 Å². The molecule has 1 fully saturated rings. The molecule has 2 aromatic rings. The van der Waals surface area contributed by atoms with Crippen LogP contribution in [-0.2, 0) is 4.79 Å². The smallest absolute Gasteiger partial charge is 0.142 e. The summed E-state index contributed by atoms with van der Waals surface area (Å²) in [5, 5.41) is 0. The number of carbonyl (C=O) groups is 1. The number of ketones is 1. The summed E-state index contributed by atoms with van der Waals surface area (Å²) in [5.41, 5.74) is 2.48. The molecule has 0 N–H and O–H groups in total. The molecule has 0 amide bonds. The Morgan fingerprint density at radius 1 is 0.783 bits per heavy atom. The Bertz CT molecular complexity index is 597. The first-order valence-corrected chi connectivity index (χ1v) is 8.54. The highest BCUT2D eigenvalue weighted by molar-refractivity contribution is 5.85. The van der Waals surface area contributed by atoms with Crippen LogP contribution < -0.4 is 0 Å². The topological polar surface area (TPSA) is 20.3 Å². The summed E-state index contributed by atoms with van der Waals surface area (Å²) in [6, 6.07) is 21.2. The number of hydrogen-bond acceptors (Lipinski definition) is 2. The molecular weight excluding hydrogens is 282 g/mol. The Morgan fingerprint density at radius 2 is 1.17 bits per heavy atom. The van der Waals surface area contributed by atoms with Crippen LogP contribution >= 0.6 is 0 Å². The lowest BCUT2D eigenvalue weighted by molar-refractivity contribution is -0.137. The van der Waals surface area contributed by atoms with Gasteiger partial charge in [-0.1, -0.05) is 81.4 Å². The predicted molar refractivity (Wildman–Crippen MR) is 94.1 cm³/mol. The van der Waals surface area contributed by atoms with E-state index in [-0.39, 0.29) is 23.9 Å². The second-order valence-corrected chi connectivity index (χ2v) is 6.52. The lowest BCUT2D eigenvalue weighted by Gasteiger charge is -2.48. The van der Waals surface area contributed by atoms with Gasteiger partial charge in [-0.2, -0.15) is 0 Å². The van der Waals surface area contributed by atoms with E-state index in [9.17, 15) is 4.79 Å². The summed E-state index contributed by atoms with van der Waals surface area (Å²) in [4.78, 5) is 15.4. The maximum atomic E-state index is 12.9. The molecule has 0 spiro atoms. The Kier molecular flexibility index (Phi) is 4.63. The lowest BCUT2D eigenvalue weighted by atomic mass is 9.74. The molecule has 0 aliphatic carbocycles. The molecule has 0 aromatic heterocycles. The van der Waals surface area contributed by atoms with Crippen molar-refractivity contribution >= 4 is 5.78 Å². The molecule has 23 heavy (non-hydrogen) atoms. The van der Waals surface area contributed by atoms with Gasteiger partial charge in [-0.3, -0.25) is 9.69 Å². The van der Waals surface area contributed by atoms with Crippen molar-refractivity contribution in [2.75, 3.05) is 6.54 Å². The van der Waals surface area contributed by atoms with Crippen molar-refractivity contribution in [1.82, 2.24) is 4.90 Å². The fourth-order valence-electron chi connectivity index (χ4n) is 4.13. The molecule has 2 nitrogen and oxygen atoms in total. The van der Waals surface area contributed by atoms with Crippen LogP contribution in [0.5, 0.6) is 0 Å². The van der Waals surface area contributed by atoms with E-state index in [1.165, 1.54) is 11.1 Å². The zero-order valence-electron chi connectivity index (χ0n) is 14.1. The number of hydrogen-bond donors (Lipinski definition) is 0. The summed E-state index contributed by atoms with van der Waals surface area (Å²) >= 11 is 0. The van der Waals surface area contributed by atoms with Crippen molar-refractivity contribution < 1.29 is 4.79 Å². The van der Waals surface area contributed by atoms with Crippen molar-refractivity contribution in [1.29, 1.82) is 0 Å². The van der Waals surface area contributed by atoms with Gasteiger partial charge in [0.05, 0.1) is 0 Å². The first-order chi connectivity index (χ1) is 11.1.